The third kappa shape index (κ3) is 4.20. The van der Waals surface area contributed by atoms with E-state index in [9.17, 15) is 4.79 Å². The minimum Gasteiger partial charge on any atom is -0.454 e. The highest BCUT2D eigenvalue weighted by Crippen LogP contribution is 2.33. The Kier molecular flexibility index (Phi) is 6.24. The first-order valence-corrected chi connectivity index (χ1v) is 9.22. The van der Waals surface area contributed by atoms with Crippen LogP contribution in [0, 0.1) is 0 Å². The van der Waals surface area contributed by atoms with Gasteiger partial charge in [-0.15, -0.1) is 12.4 Å². The Morgan fingerprint density at radius 2 is 1.85 bits per heavy atom. The molecule has 2 heterocycles. The number of piperazine rings is 1. The number of hydrogen-bond acceptors (Lipinski definition) is 4. The molecule has 27 heavy (non-hydrogen) atoms. The highest BCUT2D eigenvalue weighted by molar-refractivity contribution is 5.85. The standard InChI is InChI=1S/C21H24N2O3.ClH/c1-2-15-3-6-17(7-4-15)18-13-22-9-10-23(18)21(24)12-16-5-8-19-20(11-16)26-14-25-19;/h3-8,11,18,22H,2,9-10,12-14H2,1H3;1H. The number of nitrogens with zero attached hydrogens (tertiary/aromatic N) is 1. The second-order valence-electron chi connectivity index (χ2n) is 6.77. The van der Waals surface area contributed by atoms with Crippen molar-refractivity contribution in [3.63, 3.8) is 0 Å². The van der Waals surface area contributed by atoms with E-state index in [1.54, 1.807) is 0 Å². The fourth-order valence-electron chi connectivity index (χ4n) is 3.60. The molecule has 5 nitrogen and oxygen atoms in total. The van der Waals surface area contributed by atoms with Gasteiger partial charge in [0.15, 0.2) is 11.5 Å². The van der Waals surface area contributed by atoms with E-state index in [4.69, 9.17) is 9.47 Å². The first-order valence-electron chi connectivity index (χ1n) is 9.22. The minimum absolute atomic E-state index is 0. The van der Waals surface area contributed by atoms with Crippen LogP contribution in [-0.4, -0.2) is 37.2 Å². The molecule has 0 bridgehead atoms. The number of carbonyl (C=O) groups excluding carboxylic acids is 1. The lowest BCUT2D eigenvalue weighted by molar-refractivity contribution is -0.133. The molecule has 2 aromatic carbocycles. The second kappa shape index (κ2) is 8.63. The summed E-state index contributed by atoms with van der Waals surface area (Å²) in [6, 6.07) is 14.4. The van der Waals surface area contributed by atoms with E-state index in [0.717, 1.165) is 43.1 Å². The van der Waals surface area contributed by atoms with Gasteiger partial charge in [0.2, 0.25) is 12.7 Å². The molecule has 0 aromatic heterocycles. The number of nitrogens with one attached hydrogen (secondary N) is 1. The Hall–Kier alpha value is -2.24. The zero-order chi connectivity index (χ0) is 17.9. The van der Waals surface area contributed by atoms with Gasteiger partial charge in [-0.1, -0.05) is 37.3 Å². The molecule has 0 radical (unpaired) electrons. The van der Waals surface area contributed by atoms with Crippen LogP contribution in [0.2, 0.25) is 0 Å². The zero-order valence-corrected chi connectivity index (χ0v) is 16.3. The van der Waals surface area contributed by atoms with Gasteiger partial charge in [0.25, 0.3) is 0 Å². The average Bonchev–Trinajstić information content (AvgIpc) is 3.16. The summed E-state index contributed by atoms with van der Waals surface area (Å²) in [6.07, 6.45) is 1.40. The summed E-state index contributed by atoms with van der Waals surface area (Å²) in [5.41, 5.74) is 3.46. The summed E-state index contributed by atoms with van der Waals surface area (Å²) in [5, 5.41) is 3.41. The van der Waals surface area contributed by atoms with Gasteiger partial charge in [0, 0.05) is 19.6 Å². The number of ether oxygens (including phenoxy) is 2. The van der Waals surface area contributed by atoms with Crippen LogP contribution in [-0.2, 0) is 17.6 Å². The fraction of sp³-hybridized carbons (Fsp3) is 0.381. The first-order chi connectivity index (χ1) is 12.7. The molecule has 6 heteroatoms. The number of carbonyl (C=O) groups is 1. The summed E-state index contributed by atoms with van der Waals surface area (Å²) < 4.78 is 10.8. The van der Waals surface area contributed by atoms with Crippen molar-refractivity contribution in [1.29, 1.82) is 0 Å². The molecule has 1 N–H and O–H groups in total. The van der Waals surface area contributed by atoms with Crippen LogP contribution < -0.4 is 14.8 Å². The Labute approximate surface area is 166 Å². The zero-order valence-electron chi connectivity index (χ0n) is 15.4. The van der Waals surface area contributed by atoms with Crippen LogP contribution in [0.4, 0.5) is 0 Å². The summed E-state index contributed by atoms with van der Waals surface area (Å²) in [6.45, 7) is 4.75. The highest BCUT2D eigenvalue weighted by Gasteiger charge is 2.28. The molecule has 1 fully saturated rings. The van der Waals surface area contributed by atoms with E-state index in [0.29, 0.717) is 6.42 Å². The van der Waals surface area contributed by atoms with E-state index in [1.807, 2.05) is 23.1 Å². The number of amides is 1. The third-order valence-corrected chi connectivity index (χ3v) is 5.13. The lowest BCUT2D eigenvalue weighted by Gasteiger charge is -2.36. The maximum absolute atomic E-state index is 13.0. The van der Waals surface area contributed by atoms with Gasteiger partial charge in [-0.2, -0.15) is 0 Å². The number of halogens is 1. The van der Waals surface area contributed by atoms with Crippen molar-refractivity contribution < 1.29 is 14.3 Å². The molecule has 0 aliphatic carbocycles. The van der Waals surface area contributed by atoms with Gasteiger partial charge in [0.05, 0.1) is 12.5 Å². The lowest BCUT2D eigenvalue weighted by atomic mass is 10.00. The molecule has 1 atom stereocenters. The van der Waals surface area contributed by atoms with Gasteiger partial charge in [0.1, 0.15) is 0 Å². The van der Waals surface area contributed by atoms with Crippen LogP contribution in [0.25, 0.3) is 0 Å². The molecule has 2 aliphatic rings. The van der Waals surface area contributed by atoms with Crippen molar-refractivity contribution in [3.8, 4) is 11.5 Å². The fourth-order valence-corrected chi connectivity index (χ4v) is 3.60. The SMILES string of the molecule is CCc1ccc(C2CNCCN2C(=O)Cc2ccc3c(c2)OCO3)cc1.Cl. The van der Waals surface area contributed by atoms with E-state index < -0.39 is 0 Å². The predicted octanol–water partition coefficient (Wildman–Crippen LogP) is 3.12. The number of rotatable bonds is 4. The van der Waals surface area contributed by atoms with Gasteiger partial charge < -0.3 is 19.7 Å². The van der Waals surface area contributed by atoms with Crippen LogP contribution >= 0.6 is 12.4 Å². The molecule has 0 saturated carbocycles. The minimum atomic E-state index is 0. The highest BCUT2D eigenvalue weighted by atomic mass is 35.5. The quantitative estimate of drug-likeness (QED) is 0.874. The largest absolute Gasteiger partial charge is 0.454 e. The van der Waals surface area contributed by atoms with Gasteiger partial charge in [-0.3, -0.25) is 4.79 Å². The second-order valence-corrected chi connectivity index (χ2v) is 6.77. The van der Waals surface area contributed by atoms with E-state index >= 15 is 0 Å². The summed E-state index contributed by atoms with van der Waals surface area (Å²) in [4.78, 5) is 15.0. The molecule has 144 valence electrons. The van der Waals surface area contributed by atoms with Gasteiger partial charge in [-0.05, 0) is 35.2 Å². The van der Waals surface area contributed by atoms with Crippen LogP contribution in [0.15, 0.2) is 42.5 Å². The predicted molar refractivity (Wildman–Crippen MR) is 107 cm³/mol. The number of fused-ring (bicyclic) bond motifs is 1. The average molecular weight is 389 g/mol. The van der Waals surface area contributed by atoms with Crippen LogP contribution in [0.5, 0.6) is 11.5 Å². The van der Waals surface area contributed by atoms with E-state index in [1.165, 1.54) is 11.1 Å². The van der Waals surface area contributed by atoms with Crippen molar-refractivity contribution in [1.82, 2.24) is 10.2 Å². The van der Waals surface area contributed by atoms with Gasteiger partial charge >= 0.3 is 0 Å². The van der Waals surface area contributed by atoms with Crippen molar-refractivity contribution in [2.24, 2.45) is 0 Å². The molecule has 1 saturated heterocycles. The van der Waals surface area contributed by atoms with Crippen molar-refractivity contribution >= 4 is 18.3 Å². The normalized spacial score (nSPS) is 18.1. The molecule has 2 aromatic rings. The van der Waals surface area contributed by atoms with Crippen molar-refractivity contribution in [2.45, 2.75) is 25.8 Å². The molecule has 4 rings (SSSR count). The van der Waals surface area contributed by atoms with Crippen LogP contribution in [0.1, 0.15) is 29.7 Å². The Bertz CT molecular complexity index is 795. The molecular formula is C21H25ClN2O3. The topological polar surface area (TPSA) is 50.8 Å². The number of aryl methyl sites for hydroxylation is 1. The van der Waals surface area contributed by atoms with E-state index in [2.05, 4.69) is 36.5 Å². The van der Waals surface area contributed by atoms with Crippen molar-refractivity contribution in [2.75, 3.05) is 26.4 Å². The summed E-state index contributed by atoms with van der Waals surface area (Å²) in [7, 11) is 0. The third-order valence-electron chi connectivity index (χ3n) is 5.13. The maximum atomic E-state index is 13.0. The molecule has 1 unspecified atom stereocenters. The Morgan fingerprint density at radius 1 is 1.11 bits per heavy atom. The van der Waals surface area contributed by atoms with Crippen molar-refractivity contribution in [3.05, 3.63) is 59.2 Å². The number of benzene rings is 2. The summed E-state index contributed by atoms with van der Waals surface area (Å²) >= 11 is 0. The lowest BCUT2D eigenvalue weighted by Crippen LogP contribution is -2.49. The number of hydrogen-bond donors (Lipinski definition) is 1. The van der Waals surface area contributed by atoms with Crippen LogP contribution in [0.3, 0.4) is 0 Å². The maximum Gasteiger partial charge on any atom is 0.231 e. The molecule has 1 amide bonds. The summed E-state index contributed by atoms with van der Waals surface area (Å²) in [5.74, 6) is 1.62. The Balaban J connectivity index is 0.00000210. The molecule has 0 spiro atoms. The Morgan fingerprint density at radius 3 is 2.63 bits per heavy atom. The monoisotopic (exact) mass is 388 g/mol. The van der Waals surface area contributed by atoms with E-state index in [-0.39, 0.29) is 31.1 Å². The first kappa shape index (κ1) is 19.5. The van der Waals surface area contributed by atoms with Gasteiger partial charge in [-0.25, -0.2) is 0 Å². The smallest absolute Gasteiger partial charge is 0.231 e. The molecule has 2 aliphatic heterocycles. The molecular weight excluding hydrogens is 364 g/mol.